The molecule has 0 spiro atoms. The molecule has 136 valence electrons. The summed E-state index contributed by atoms with van der Waals surface area (Å²) in [7, 11) is 0. The molecular weight excluding hydrogens is 320 g/mol. The molecule has 0 bridgehead atoms. The van der Waals surface area contributed by atoms with E-state index in [1.54, 1.807) is 22.9 Å². The SMILES string of the molecule is CC(=O)N1CCN(C(=O)NCc2ccc(OC3CCCC3)nc2)CC1. The van der Waals surface area contributed by atoms with E-state index in [2.05, 4.69) is 10.3 Å². The number of piperazine rings is 1. The molecule has 3 amide bonds. The Balaban J connectivity index is 1.42. The summed E-state index contributed by atoms with van der Waals surface area (Å²) in [5, 5.41) is 2.91. The van der Waals surface area contributed by atoms with E-state index in [1.807, 2.05) is 12.1 Å². The Kier molecular flexibility index (Phi) is 5.73. The minimum Gasteiger partial charge on any atom is -0.474 e. The van der Waals surface area contributed by atoms with Crippen LogP contribution in [0.5, 0.6) is 5.88 Å². The van der Waals surface area contributed by atoms with E-state index in [0.29, 0.717) is 44.7 Å². The number of amides is 3. The quantitative estimate of drug-likeness (QED) is 0.902. The summed E-state index contributed by atoms with van der Waals surface area (Å²) in [4.78, 5) is 31.4. The molecule has 7 nitrogen and oxygen atoms in total. The zero-order chi connectivity index (χ0) is 17.6. The maximum Gasteiger partial charge on any atom is 0.317 e. The van der Waals surface area contributed by atoms with Crippen LogP contribution >= 0.6 is 0 Å². The Bertz CT molecular complexity index is 591. The molecule has 1 N–H and O–H groups in total. The Morgan fingerprint density at radius 1 is 1.16 bits per heavy atom. The molecule has 2 fully saturated rings. The number of nitrogens with one attached hydrogen (secondary N) is 1. The van der Waals surface area contributed by atoms with Crippen LogP contribution in [-0.4, -0.2) is 59.0 Å². The van der Waals surface area contributed by atoms with Gasteiger partial charge in [0.25, 0.3) is 0 Å². The predicted molar refractivity (Wildman–Crippen MR) is 93.2 cm³/mol. The number of hydrogen-bond acceptors (Lipinski definition) is 4. The molecule has 2 aliphatic rings. The van der Waals surface area contributed by atoms with Gasteiger partial charge in [0.2, 0.25) is 11.8 Å². The lowest BCUT2D eigenvalue weighted by Crippen LogP contribution is -2.52. The molecule has 0 aromatic carbocycles. The molecule has 25 heavy (non-hydrogen) atoms. The number of nitrogens with zero attached hydrogens (tertiary/aromatic N) is 3. The summed E-state index contributed by atoms with van der Waals surface area (Å²) in [5.41, 5.74) is 0.939. The molecular formula is C18H26N4O3. The summed E-state index contributed by atoms with van der Waals surface area (Å²) in [6.07, 6.45) is 6.72. The number of rotatable bonds is 4. The maximum atomic E-state index is 12.2. The highest BCUT2D eigenvalue weighted by atomic mass is 16.5. The van der Waals surface area contributed by atoms with Crippen LogP contribution in [0.2, 0.25) is 0 Å². The third kappa shape index (κ3) is 4.84. The summed E-state index contributed by atoms with van der Waals surface area (Å²) in [6, 6.07) is 3.70. The summed E-state index contributed by atoms with van der Waals surface area (Å²) in [6.45, 7) is 4.32. The second kappa shape index (κ2) is 8.18. The van der Waals surface area contributed by atoms with Gasteiger partial charge in [0.15, 0.2) is 0 Å². The van der Waals surface area contributed by atoms with Crippen molar-refractivity contribution in [2.75, 3.05) is 26.2 Å². The topological polar surface area (TPSA) is 74.8 Å². The highest BCUT2D eigenvalue weighted by Gasteiger charge is 2.22. The smallest absolute Gasteiger partial charge is 0.317 e. The Morgan fingerprint density at radius 2 is 1.84 bits per heavy atom. The summed E-state index contributed by atoms with van der Waals surface area (Å²) in [5.74, 6) is 0.716. The fraction of sp³-hybridized carbons (Fsp3) is 0.611. The van der Waals surface area contributed by atoms with Crippen molar-refractivity contribution in [3.8, 4) is 5.88 Å². The van der Waals surface area contributed by atoms with E-state index in [0.717, 1.165) is 18.4 Å². The zero-order valence-electron chi connectivity index (χ0n) is 14.7. The molecule has 1 aliphatic carbocycles. The minimum absolute atomic E-state index is 0.0612. The lowest BCUT2D eigenvalue weighted by atomic mass is 10.3. The van der Waals surface area contributed by atoms with Gasteiger partial charge in [-0.25, -0.2) is 9.78 Å². The van der Waals surface area contributed by atoms with Gasteiger partial charge in [0.05, 0.1) is 0 Å². The van der Waals surface area contributed by atoms with Crippen LogP contribution < -0.4 is 10.1 Å². The third-order valence-electron chi connectivity index (χ3n) is 4.84. The molecule has 7 heteroatoms. The van der Waals surface area contributed by atoms with E-state index in [1.165, 1.54) is 12.8 Å². The first kappa shape index (κ1) is 17.5. The fourth-order valence-electron chi connectivity index (χ4n) is 3.28. The van der Waals surface area contributed by atoms with Gasteiger partial charge in [-0.2, -0.15) is 0 Å². The van der Waals surface area contributed by atoms with E-state index in [-0.39, 0.29) is 11.9 Å². The van der Waals surface area contributed by atoms with Crippen molar-refractivity contribution in [1.82, 2.24) is 20.1 Å². The van der Waals surface area contributed by atoms with Crippen LogP contribution in [0.4, 0.5) is 4.79 Å². The van der Waals surface area contributed by atoms with Gasteiger partial charge in [0, 0.05) is 51.9 Å². The number of aromatic nitrogens is 1. The van der Waals surface area contributed by atoms with E-state index < -0.39 is 0 Å². The molecule has 1 aromatic rings. The second-order valence-corrected chi connectivity index (χ2v) is 6.68. The second-order valence-electron chi connectivity index (χ2n) is 6.68. The van der Waals surface area contributed by atoms with E-state index >= 15 is 0 Å². The number of carbonyl (C=O) groups is 2. The van der Waals surface area contributed by atoms with Crippen molar-refractivity contribution in [3.05, 3.63) is 23.9 Å². The average Bonchev–Trinajstić information content (AvgIpc) is 3.14. The number of pyridine rings is 1. The molecule has 1 aliphatic heterocycles. The average molecular weight is 346 g/mol. The van der Waals surface area contributed by atoms with Gasteiger partial charge in [0.1, 0.15) is 6.10 Å². The van der Waals surface area contributed by atoms with E-state index in [9.17, 15) is 9.59 Å². The molecule has 0 unspecified atom stereocenters. The number of hydrogen-bond donors (Lipinski definition) is 1. The monoisotopic (exact) mass is 346 g/mol. The Morgan fingerprint density at radius 3 is 2.44 bits per heavy atom. The normalized spacial score (nSPS) is 18.3. The number of ether oxygens (including phenoxy) is 1. The van der Waals surface area contributed by atoms with Crippen molar-refractivity contribution in [3.63, 3.8) is 0 Å². The first-order chi connectivity index (χ1) is 12.1. The minimum atomic E-state index is -0.102. The highest BCUT2D eigenvalue weighted by Crippen LogP contribution is 2.22. The van der Waals surface area contributed by atoms with Crippen LogP contribution in [0.1, 0.15) is 38.2 Å². The van der Waals surface area contributed by atoms with Crippen LogP contribution in [0.3, 0.4) is 0 Å². The maximum absolute atomic E-state index is 12.2. The van der Waals surface area contributed by atoms with Crippen molar-refractivity contribution in [2.45, 2.75) is 45.3 Å². The molecule has 1 aromatic heterocycles. The van der Waals surface area contributed by atoms with Crippen molar-refractivity contribution < 1.29 is 14.3 Å². The molecule has 2 heterocycles. The van der Waals surface area contributed by atoms with Gasteiger partial charge in [-0.15, -0.1) is 0 Å². The van der Waals surface area contributed by atoms with Gasteiger partial charge in [-0.3, -0.25) is 4.79 Å². The van der Waals surface area contributed by atoms with Crippen LogP contribution in [-0.2, 0) is 11.3 Å². The number of urea groups is 1. The molecule has 3 rings (SSSR count). The van der Waals surface area contributed by atoms with Crippen molar-refractivity contribution >= 4 is 11.9 Å². The number of carbonyl (C=O) groups excluding carboxylic acids is 2. The van der Waals surface area contributed by atoms with Crippen molar-refractivity contribution in [2.24, 2.45) is 0 Å². The fourth-order valence-corrected chi connectivity index (χ4v) is 3.28. The zero-order valence-corrected chi connectivity index (χ0v) is 14.7. The first-order valence-corrected chi connectivity index (χ1v) is 9.01. The lowest BCUT2D eigenvalue weighted by Gasteiger charge is -2.34. The predicted octanol–water partition coefficient (Wildman–Crippen LogP) is 1.78. The molecule has 1 saturated carbocycles. The van der Waals surface area contributed by atoms with Gasteiger partial charge in [-0.05, 0) is 31.2 Å². The Hall–Kier alpha value is -2.31. The van der Waals surface area contributed by atoms with E-state index in [4.69, 9.17) is 4.74 Å². The van der Waals surface area contributed by atoms with Crippen LogP contribution in [0.15, 0.2) is 18.3 Å². The van der Waals surface area contributed by atoms with Gasteiger partial charge in [-0.1, -0.05) is 6.07 Å². The van der Waals surface area contributed by atoms with Crippen molar-refractivity contribution in [1.29, 1.82) is 0 Å². The Labute approximate surface area is 148 Å². The standard InChI is InChI=1S/C18H26N4O3/c1-14(23)21-8-10-22(11-9-21)18(24)20-13-15-6-7-17(19-12-15)25-16-4-2-3-5-16/h6-7,12,16H,2-5,8-11,13H2,1H3,(H,20,24). The first-order valence-electron chi connectivity index (χ1n) is 9.01. The van der Waals surface area contributed by atoms with Gasteiger partial charge < -0.3 is 19.9 Å². The highest BCUT2D eigenvalue weighted by molar-refractivity contribution is 5.76. The van der Waals surface area contributed by atoms with Crippen LogP contribution in [0, 0.1) is 0 Å². The molecule has 0 radical (unpaired) electrons. The summed E-state index contributed by atoms with van der Waals surface area (Å²) >= 11 is 0. The molecule has 1 saturated heterocycles. The summed E-state index contributed by atoms with van der Waals surface area (Å²) < 4.78 is 5.84. The third-order valence-corrected chi connectivity index (χ3v) is 4.84. The van der Waals surface area contributed by atoms with Gasteiger partial charge >= 0.3 is 6.03 Å². The molecule has 0 atom stereocenters. The van der Waals surface area contributed by atoms with Crippen LogP contribution in [0.25, 0.3) is 0 Å². The largest absolute Gasteiger partial charge is 0.474 e. The lowest BCUT2D eigenvalue weighted by molar-refractivity contribution is -0.130.